The lowest BCUT2D eigenvalue weighted by Gasteiger charge is -2.23. The standard InChI is InChI=1S/C21H29N3O3S/c1-7-20(18-9-8-15(2)16(3)14-18)22-21(25)17-10-12-19(13-11-17)24(6)28(26,27)23(4)5/h8-14,20H,7H2,1-6H3,(H,22,25)/t20-/m0/s1. The molecule has 1 atom stereocenters. The number of hydrogen-bond acceptors (Lipinski definition) is 3. The second kappa shape index (κ2) is 8.75. The van der Waals surface area contributed by atoms with Crippen LogP contribution in [0.4, 0.5) is 5.69 Å². The molecular formula is C21H29N3O3S. The molecule has 0 fully saturated rings. The number of aryl methyl sites for hydroxylation is 2. The normalized spacial score (nSPS) is 12.7. The Morgan fingerprint density at radius 3 is 2.11 bits per heavy atom. The van der Waals surface area contributed by atoms with E-state index in [1.807, 2.05) is 13.0 Å². The van der Waals surface area contributed by atoms with Gasteiger partial charge in [0.15, 0.2) is 0 Å². The van der Waals surface area contributed by atoms with Crippen LogP contribution in [0.5, 0.6) is 0 Å². The summed E-state index contributed by atoms with van der Waals surface area (Å²) in [7, 11) is 0.875. The van der Waals surface area contributed by atoms with Crippen LogP contribution in [0.15, 0.2) is 42.5 Å². The zero-order valence-electron chi connectivity index (χ0n) is 17.4. The van der Waals surface area contributed by atoms with Gasteiger partial charge in [0.2, 0.25) is 0 Å². The predicted molar refractivity (Wildman–Crippen MR) is 114 cm³/mol. The van der Waals surface area contributed by atoms with Crippen molar-refractivity contribution >= 4 is 21.8 Å². The average molecular weight is 404 g/mol. The van der Waals surface area contributed by atoms with Crippen molar-refractivity contribution in [3.05, 3.63) is 64.7 Å². The Labute approximate surface area is 168 Å². The van der Waals surface area contributed by atoms with Crippen molar-refractivity contribution in [2.75, 3.05) is 25.4 Å². The Kier molecular flexibility index (Phi) is 6.85. The van der Waals surface area contributed by atoms with Crippen LogP contribution < -0.4 is 9.62 Å². The molecule has 6 nitrogen and oxygen atoms in total. The summed E-state index contributed by atoms with van der Waals surface area (Å²) in [5.74, 6) is -0.185. The fourth-order valence-electron chi connectivity index (χ4n) is 2.84. The van der Waals surface area contributed by atoms with Gasteiger partial charge < -0.3 is 5.32 Å². The number of nitrogens with one attached hydrogen (secondary N) is 1. The summed E-state index contributed by atoms with van der Waals surface area (Å²) >= 11 is 0. The number of carbonyl (C=O) groups is 1. The summed E-state index contributed by atoms with van der Waals surface area (Å²) in [5.41, 5.74) is 4.47. The van der Waals surface area contributed by atoms with Crippen LogP contribution in [-0.4, -0.2) is 39.8 Å². The molecule has 2 aromatic rings. The van der Waals surface area contributed by atoms with Gasteiger partial charge in [-0.15, -0.1) is 0 Å². The molecule has 2 rings (SSSR count). The number of benzene rings is 2. The predicted octanol–water partition coefficient (Wildman–Crippen LogP) is 3.43. The topological polar surface area (TPSA) is 69.7 Å². The first-order valence-electron chi connectivity index (χ1n) is 9.22. The zero-order chi connectivity index (χ0) is 21.1. The number of hydrogen-bond donors (Lipinski definition) is 1. The van der Waals surface area contributed by atoms with Crippen molar-refractivity contribution < 1.29 is 13.2 Å². The van der Waals surface area contributed by atoms with Crippen molar-refractivity contribution in [2.24, 2.45) is 0 Å². The van der Waals surface area contributed by atoms with E-state index >= 15 is 0 Å². The number of anilines is 1. The molecule has 1 N–H and O–H groups in total. The fourth-order valence-corrected chi connectivity index (χ4v) is 3.72. The lowest BCUT2D eigenvalue weighted by atomic mass is 9.99. The van der Waals surface area contributed by atoms with Crippen molar-refractivity contribution in [1.29, 1.82) is 0 Å². The van der Waals surface area contributed by atoms with Crippen LogP contribution in [0.3, 0.4) is 0 Å². The molecule has 0 aliphatic carbocycles. The average Bonchev–Trinajstić information content (AvgIpc) is 2.67. The molecule has 28 heavy (non-hydrogen) atoms. The third-order valence-corrected chi connectivity index (χ3v) is 6.77. The molecule has 0 aromatic heterocycles. The molecule has 0 radical (unpaired) electrons. The van der Waals surface area contributed by atoms with Gasteiger partial charge in [0.25, 0.3) is 5.91 Å². The largest absolute Gasteiger partial charge is 0.345 e. The first kappa shape index (κ1) is 21.9. The summed E-state index contributed by atoms with van der Waals surface area (Å²) in [6, 6.07) is 12.7. The second-order valence-electron chi connectivity index (χ2n) is 7.08. The van der Waals surface area contributed by atoms with Gasteiger partial charge in [0.05, 0.1) is 11.7 Å². The summed E-state index contributed by atoms with van der Waals surface area (Å²) in [6.45, 7) is 6.16. The highest BCUT2D eigenvalue weighted by atomic mass is 32.2. The molecule has 0 saturated carbocycles. The zero-order valence-corrected chi connectivity index (χ0v) is 18.2. The van der Waals surface area contributed by atoms with Crippen molar-refractivity contribution in [2.45, 2.75) is 33.2 Å². The second-order valence-corrected chi connectivity index (χ2v) is 9.26. The summed E-state index contributed by atoms with van der Waals surface area (Å²) < 4.78 is 26.8. The van der Waals surface area contributed by atoms with Gasteiger partial charge in [-0.05, 0) is 61.2 Å². The Morgan fingerprint density at radius 1 is 1.00 bits per heavy atom. The van der Waals surface area contributed by atoms with Gasteiger partial charge in [-0.1, -0.05) is 25.1 Å². The molecule has 2 aromatic carbocycles. The summed E-state index contributed by atoms with van der Waals surface area (Å²) in [5, 5.41) is 3.06. The van der Waals surface area contributed by atoms with Crippen molar-refractivity contribution in [3.63, 3.8) is 0 Å². The molecule has 0 aliphatic heterocycles. The highest BCUT2D eigenvalue weighted by molar-refractivity contribution is 7.90. The minimum atomic E-state index is -3.56. The van der Waals surface area contributed by atoms with Gasteiger partial charge in [-0.25, -0.2) is 0 Å². The maximum Gasteiger partial charge on any atom is 0.303 e. The quantitative estimate of drug-likeness (QED) is 0.770. The molecule has 1 amide bonds. The van der Waals surface area contributed by atoms with Crippen LogP contribution in [-0.2, 0) is 10.2 Å². The van der Waals surface area contributed by atoms with Crippen LogP contribution in [0.25, 0.3) is 0 Å². The first-order chi connectivity index (χ1) is 13.1. The van der Waals surface area contributed by atoms with Crippen molar-refractivity contribution in [3.8, 4) is 0 Å². The Balaban J connectivity index is 2.17. The van der Waals surface area contributed by atoms with E-state index in [4.69, 9.17) is 0 Å². The van der Waals surface area contributed by atoms with E-state index in [9.17, 15) is 13.2 Å². The molecule has 0 spiro atoms. The van der Waals surface area contributed by atoms with Crippen molar-refractivity contribution in [1.82, 2.24) is 9.62 Å². The van der Waals surface area contributed by atoms with E-state index < -0.39 is 10.2 Å². The summed E-state index contributed by atoms with van der Waals surface area (Å²) in [6.07, 6.45) is 0.774. The molecule has 0 unspecified atom stereocenters. The van der Waals surface area contributed by atoms with Gasteiger partial charge in [0.1, 0.15) is 0 Å². The van der Waals surface area contributed by atoms with E-state index in [1.165, 1.54) is 36.6 Å². The van der Waals surface area contributed by atoms with Crippen LogP contribution in [0, 0.1) is 13.8 Å². The van der Waals surface area contributed by atoms with E-state index in [0.717, 1.165) is 16.3 Å². The molecule has 0 aliphatic rings. The fraction of sp³-hybridized carbons (Fsp3) is 0.381. The maximum atomic E-state index is 12.7. The van der Waals surface area contributed by atoms with E-state index in [2.05, 4.69) is 31.3 Å². The van der Waals surface area contributed by atoms with E-state index in [-0.39, 0.29) is 11.9 Å². The van der Waals surface area contributed by atoms with Gasteiger partial charge in [0, 0.05) is 26.7 Å². The highest BCUT2D eigenvalue weighted by Gasteiger charge is 2.21. The third-order valence-electron chi connectivity index (χ3n) is 4.95. The maximum absolute atomic E-state index is 12.7. The van der Waals surface area contributed by atoms with Gasteiger partial charge >= 0.3 is 10.2 Å². The van der Waals surface area contributed by atoms with Crippen LogP contribution in [0.1, 0.15) is 46.4 Å². The van der Waals surface area contributed by atoms with E-state index in [1.54, 1.807) is 24.3 Å². The molecule has 0 heterocycles. The third kappa shape index (κ3) is 4.72. The van der Waals surface area contributed by atoms with Crippen LogP contribution in [0.2, 0.25) is 0 Å². The monoisotopic (exact) mass is 403 g/mol. The summed E-state index contributed by atoms with van der Waals surface area (Å²) in [4.78, 5) is 12.7. The molecule has 0 bridgehead atoms. The minimum Gasteiger partial charge on any atom is -0.345 e. The smallest absolute Gasteiger partial charge is 0.303 e. The Hall–Kier alpha value is -2.38. The number of carbonyl (C=O) groups excluding carboxylic acids is 1. The molecular weight excluding hydrogens is 374 g/mol. The van der Waals surface area contributed by atoms with Gasteiger partial charge in [-0.3, -0.25) is 9.10 Å². The number of rotatable bonds is 7. The molecule has 7 heteroatoms. The number of nitrogens with zero attached hydrogens (tertiary/aromatic N) is 2. The molecule has 152 valence electrons. The lowest BCUT2D eigenvalue weighted by Crippen LogP contribution is -2.37. The van der Waals surface area contributed by atoms with Gasteiger partial charge in [-0.2, -0.15) is 12.7 Å². The van der Waals surface area contributed by atoms with E-state index in [0.29, 0.717) is 11.3 Å². The first-order valence-corrected chi connectivity index (χ1v) is 10.6. The lowest BCUT2D eigenvalue weighted by molar-refractivity contribution is 0.0935. The minimum absolute atomic E-state index is 0.0803. The Bertz CT molecular complexity index is 938. The highest BCUT2D eigenvalue weighted by Crippen LogP contribution is 2.22. The molecule has 0 saturated heterocycles. The van der Waals surface area contributed by atoms with Crippen LogP contribution >= 0.6 is 0 Å². The SMILES string of the molecule is CC[C@H](NC(=O)c1ccc(N(C)S(=O)(=O)N(C)C)cc1)c1ccc(C)c(C)c1. The number of amides is 1. The Morgan fingerprint density at radius 2 is 1.61 bits per heavy atom.